The molecule has 7 nitrogen and oxygen atoms in total. The van der Waals surface area contributed by atoms with E-state index in [0.717, 1.165) is 73.8 Å². The second-order valence-electron chi connectivity index (χ2n) is 7.90. The summed E-state index contributed by atoms with van der Waals surface area (Å²) in [5, 5.41) is 6.56. The lowest BCUT2D eigenvalue weighted by atomic mass is 10.1. The maximum atomic E-state index is 5.56. The van der Waals surface area contributed by atoms with Gasteiger partial charge < -0.3 is 9.64 Å². The fraction of sp³-hybridized carbons (Fsp3) is 0.500. The van der Waals surface area contributed by atoms with Gasteiger partial charge in [0.1, 0.15) is 5.82 Å². The Morgan fingerprint density at radius 2 is 1.73 bits per heavy atom. The highest BCUT2D eigenvalue weighted by Gasteiger charge is 2.21. The fourth-order valence-corrected chi connectivity index (χ4v) is 4.91. The summed E-state index contributed by atoms with van der Waals surface area (Å²) in [6.07, 6.45) is 5.81. The molecule has 2 fully saturated rings. The highest BCUT2D eigenvalue weighted by Crippen LogP contribution is 2.29. The first kappa shape index (κ1) is 19.8. The smallest absolute Gasteiger partial charge is 0.191 e. The van der Waals surface area contributed by atoms with Gasteiger partial charge in [0.25, 0.3) is 0 Å². The SMILES string of the molecule is c1ccc(CSc2nc(N3CCOCC3)c3cnn(CN4CCCCC4)c3n2)cc1. The molecule has 5 rings (SSSR count). The molecule has 0 amide bonds. The number of aromatic nitrogens is 4. The molecule has 0 N–H and O–H groups in total. The number of hydrogen-bond acceptors (Lipinski definition) is 7. The van der Waals surface area contributed by atoms with Crippen LogP contribution in [0.5, 0.6) is 0 Å². The maximum Gasteiger partial charge on any atom is 0.191 e. The van der Waals surface area contributed by atoms with Gasteiger partial charge in [-0.15, -0.1) is 0 Å². The lowest BCUT2D eigenvalue weighted by Crippen LogP contribution is -2.37. The van der Waals surface area contributed by atoms with E-state index < -0.39 is 0 Å². The van der Waals surface area contributed by atoms with Crippen molar-refractivity contribution in [3.05, 3.63) is 42.1 Å². The van der Waals surface area contributed by atoms with E-state index in [9.17, 15) is 0 Å². The molecule has 2 aliphatic heterocycles. The van der Waals surface area contributed by atoms with E-state index in [0.29, 0.717) is 0 Å². The summed E-state index contributed by atoms with van der Waals surface area (Å²) in [6, 6.07) is 10.5. The molecule has 3 aromatic rings. The molecular formula is C22H28N6OS. The Balaban J connectivity index is 1.46. The van der Waals surface area contributed by atoms with Crippen molar-refractivity contribution in [3.8, 4) is 0 Å². The van der Waals surface area contributed by atoms with Crippen LogP contribution in [-0.2, 0) is 17.2 Å². The quantitative estimate of drug-likeness (QED) is 0.444. The van der Waals surface area contributed by atoms with Crippen molar-refractivity contribution in [2.45, 2.75) is 36.8 Å². The van der Waals surface area contributed by atoms with Crippen LogP contribution in [0.25, 0.3) is 11.0 Å². The Kier molecular flexibility index (Phi) is 6.15. The van der Waals surface area contributed by atoms with Crippen molar-refractivity contribution in [1.82, 2.24) is 24.6 Å². The molecule has 0 unspecified atom stereocenters. The Morgan fingerprint density at radius 1 is 0.933 bits per heavy atom. The minimum absolute atomic E-state index is 0.736. The minimum atomic E-state index is 0.736. The third-order valence-electron chi connectivity index (χ3n) is 5.76. The predicted octanol–water partition coefficient (Wildman–Crippen LogP) is 3.40. The Bertz CT molecular complexity index is 966. The summed E-state index contributed by atoms with van der Waals surface area (Å²) in [7, 11) is 0. The van der Waals surface area contributed by atoms with Crippen LogP contribution < -0.4 is 4.90 Å². The lowest BCUT2D eigenvalue weighted by Gasteiger charge is -2.28. The number of fused-ring (bicyclic) bond motifs is 1. The van der Waals surface area contributed by atoms with Gasteiger partial charge in [0.05, 0.1) is 31.5 Å². The van der Waals surface area contributed by atoms with Crippen LogP contribution in [-0.4, -0.2) is 64.0 Å². The molecular weight excluding hydrogens is 396 g/mol. The van der Waals surface area contributed by atoms with Gasteiger partial charge in [-0.05, 0) is 31.5 Å². The summed E-state index contributed by atoms with van der Waals surface area (Å²) in [6.45, 7) is 6.25. The lowest BCUT2D eigenvalue weighted by molar-refractivity contribution is 0.122. The summed E-state index contributed by atoms with van der Waals surface area (Å²) < 4.78 is 7.61. The van der Waals surface area contributed by atoms with Crippen molar-refractivity contribution in [1.29, 1.82) is 0 Å². The largest absolute Gasteiger partial charge is 0.378 e. The first-order valence-corrected chi connectivity index (χ1v) is 11.8. The topological polar surface area (TPSA) is 59.3 Å². The molecule has 0 bridgehead atoms. The van der Waals surface area contributed by atoms with E-state index in [-0.39, 0.29) is 0 Å². The van der Waals surface area contributed by atoms with Crippen LogP contribution in [0.15, 0.2) is 41.7 Å². The van der Waals surface area contributed by atoms with E-state index in [1.165, 1.54) is 24.8 Å². The van der Waals surface area contributed by atoms with Crippen LogP contribution >= 0.6 is 11.8 Å². The predicted molar refractivity (Wildman–Crippen MR) is 120 cm³/mol. The van der Waals surface area contributed by atoms with Gasteiger partial charge in [0, 0.05) is 18.8 Å². The van der Waals surface area contributed by atoms with Crippen LogP contribution in [0.3, 0.4) is 0 Å². The number of ether oxygens (including phenoxy) is 1. The van der Waals surface area contributed by atoms with Crippen LogP contribution in [0, 0.1) is 0 Å². The number of hydrogen-bond donors (Lipinski definition) is 0. The number of piperidine rings is 1. The fourth-order valence-electron chi connectivity index (χ4n) is 4.12. The van der Waals surface area contributed by atoms with Gasteiger partial charge >= 0.3 is 0 Å². The van der Waals surface area contributed by atoms with Gasteiger partial charge in [-0.1, -0.05) is 48.5 Å². The maximum absolute atomic E-state index is 5.56. The third kappa shape index (κ3) is 4.45. The van der Waals surface area contributed by atoms with Crippen LogP contribution in [0.4, 0.5) is 5.82 Å². The molecule has 0 spiro atoms. The first-order chi connectivity index (χ1) is 14.9. The second kappa shape index (κ2) is 9.32. The second-order valence-corrected chi connectivity index (χ2v) is 8.85. The molecule has 4 heterocycles. The van der Waals surface area contributed by atoms with E-state index in [1.807, 2.05) is 12.3 Å². The third-order valence-corrected chi connectivity index (χ3v) is 6.68. The molecule has 1 aromatic carbocycles. The zero-order valence-corrected chi connectivity index (χ0v) is 18.1. The standard InChI is InChI=1S/C22H28N6OS/c1-3-7-18(8-4-1)16-30-22-24-20(27-11-13-29-14-12-27)19-15-23-28(21(19)25-22)17-26-9-5-2-6-10-26/h1,3-4,7-8,15H,2,5-6,9-14,16-17H2. The number of rotatable bonds is 6. The van der Waals surface area contributed by atoms with E-state index in [4.69, 9.17) is 19.8 Å². The minimum Gasteiger partial charge on any atom is -0.378 e. The van der Waals surface area contributed by atoms with Crippen LogP contribution in [0.2, 0.25) is 0 Å². The summed E-state index contributed by atoms with van der Waals surface area (Å²) in [4.78, 5) is 14.7. The van der Waals surface area contributed by atoms with Crippen molar-refractivity contribution in [2.24, 2.45) is 0 Å². The number of likely N-dealkylation sites (tertiary alicyclic amines) is 1. The molecule has 2 aromatic heterocycles. The van der Waals surface area contributed by atoms with Crippen molar-refractivity contribution in [3.63, 3.8) is 0 Å². The average Bonchev–Trinajstić information content (AvgIpc) is 3.22. The van der Waals surface area contributed by atoms with E-state index in [2.05, 4.69) is 38.7 Å². The molecule has 0 atom stereocenters. The van der Waals surface area contributed by atoms with Gasteiger partial charge in [-0.3, -0.25) is 4.90 Å². The summed E-state index contributed by atoms with van der Waals surface area (Å²) in [5.74, 6) is 1.85. The Hall–Kier alpha value is -2.16. The molecule has 0 saturated carbocycles. The van der Waals surface area contributed by atoms with Crippen molar-refractivity contribution in [2.75, 3.05) is 44.3 Å². The Labute approximate surface area is 181 Å². The molecule has 0 aliphatic carbocycles. The number of anilines is 1. The number of nitrogens with zero attached hydrogens (tertiary/aromatic N) is 6. The van der Waals surface area contributed by atoms with Gasteiger partial charge in [-0.25, -0.2) is 14.6 Å². The van der Waals surface area contributed by atoms with E-state index >= 15 is 0 Å². The molecule has 8 heteroatoms. The number of benzene rings is 1. The average molecular weight is 425 g/mol. The highest BCUT2D eigenvalue weighted by atomic mass is 32.2. The monoisotopic (exact) mass is 424 g/mol. The van der Waals surface area contributed by atoms with Gasteiger partial charge in [-0.2, -0.15) is 5.10 Å². The Morgan fingerprint density at radius 3 is 2.53 bits per heavy atom. The van der Waals surface area contributed by atoms with Gasteiger partial charge in [0.2, 0.25) is 0 Å². The zero-order valence-electron chi connectivity index (χ0n) is 17.2. The molecule has 2 aliphatic rings. The molecule has 0 radical (unpaired) electrons. The molecule has 2 saturated heterocycles. The molecule has 30 heavy (non-hydrogen) atoms. The molecule has 158 valence electrons. The van der Waals surface area contributed by atoms with Crippen molar-refractivity contribution < 1.29 is 4.74 Å². The van der Waals surface area contributed by atoms with Crippen LogP contribution in [0.1, 0.15) is 24.8 Å². The number of morpholine rings is 1. The van der Waals surface area contributed by atoms with E-state index in [1.54, 1.807) is 11.8 Å². The summed E-state index contributed by atoms with van der Waals surface area (Å²) >= 11 is 1.69. The van der Waals surface area contributed by atoms with Gasteiger partial charge in [0.15, 0.2) is 10.8 Å². The highest BCUT2D eigenvalue weighted by molar-refractivity contribution is 7.98. The van der Waals surface area contributed by atoms with Crippen molar-refractivity contribution >= 4 is 28.6 Å². The zero-order chi connectivity index (χ0) is 20.2. The first-order valence-electron chi connectivity index (χ1n) is 10.8. The number of thioether (sulfide) groups is 1. The normalized spacial score (nSPS) is 18.2. The summed E-state index contributed by atoms with van der Waals surface area (Å²) in [5.41, 5.74) is 2.22.